The maximum absolute atomic E-state index is 12.4. The first-order valence-electron chi connectivity index (χ1n) is 8.73. The van der Waals surface area contributed by atoms with E-state index < -0.39 is 35.0 Å². The van der Waals surface area contributed by atoms with Crippen LogP contribution in [0.1, 0.15) is 19.4 Å². The van der Waals surface area contributed by atoms with Gasteiger partial charge in [0.2, 0.25) is 5.91 Å². The Labute approximate surface area is 178 Å². The summed E-state index contributed by atoms with van der Waals surface area (Å²) in [5, 5.41) is 21.2. The van der Waals surface area contributed by atoms with Crippen molar-refractivity contribution in [2.45, 2.75) is 25.6 Å². The maximum Gasteiger partial charge on any atom is 0.327 e. The molecule has 1 amide bonds. The number of hydrogen-bond acceptors (Lipinski definition) is 9. The van der Waals surface area contributed by atoms with Crippen LogP contribution in [0.2, 0.25) is 0 Å². The van der Waals surface area contributed by atoms with Crippen LogP contribution in [0.25, 0.3) is 0 Å². The van der Waals surface area contributed by atoms with Crippen molar-refractivity contribution in [3.63, 3.8) is 0 Å². The Balaban J connectivity index is 2.82. The number of nitrogens with zero attached hydrogens (tertiary/aromatic N) is 1. The summed E-state index contributed by atoms with van der Waals surface area (Å²) in [5.74, 6) is 0.0928. The normalized spacial score (nSPS) is 11.9. The average Bonchev–Trinajstić information content (AvgIpc) is 2.70. The molecule has 0 aliphatic carbocycles. The highest BCUT2D eigenvalue weighted by Gasteiger charge is 2.32. The number of methoxy groups -OCH3 is 3. The van der Waals surface area contributed by atoms with Crippen molar-refractivity contribution in [2.75, 3.05) is 33.7 Å². The molecule has 1 atom stereocenters. The molecule has 0 radical (unpaired) electrons. The van der Waals surface area contributed by atoms with Gasteiger partial charge in [0.25, 0.3) is 5.09 Å². The fourth-order valence-electron chi connectivity index (χ4n) is 2.31. The van der Waals surface area contributed by atoms with Crippen LogP contribution in [0.5, 0.6) is 17.2 Å². The Morgan fingerprint density at radius 3 is 2.20 bits per heavy atom. The molecular weight excluding hydrogens is 420 g/mol. The third-order valence-electron chi connectivity index (χ3n) is 4.10. The lowest BCUT2D eigenvalue weighted by Gasteiger charge is -2.24. The molecule has 1 aromatic rings. The number of carboxylic acids is 1. The first kappa shape index (κ1) is 25.1. The smallest absolute Gasteiger partial charge is 0.327 e. The summed E-state index contributed by atoms with van der Waals surface area (Å²) < 4.78 is 15.9. The maximum atomic E-state index is 12.4. The van der Waals surface area contributed by atoms with E-state index in [-0.39, 0.29) is 5.75 Å². The van der Waals surface area contributed by atoms with Crippen LogP contribution in [0.15, 0.2) is 12.1 Å². The highest BCUT2D eigenvalue weighted by molar-refractivity contribution is 7.98. The number of carbonyl (C=O) groups excluding carboxylic acids is 1. The minimum Gasteiger partial charge on any atom is -0.496 e. The van der Waals surface area contributed by atoms with Crippen LogP contribution in [-0.4, -0.2) is 61.8 Å². The van der Waals surface area contributed by atoms with Gasteiger partial charge in [-0.05, 0) is 13.8 Å². The molecule has 168 valence electrons. The molecule has 0 heterocycles. The first-order valence-corrected chi connectivity index (χ1v) is 9.88. The highest BCUT2D eigenvalue weighted by Crippen LogP contribution is 2.36. The lowest BCUT2D eigenvalue weighted by molar-refractivity contribution is -0.760. The van der Waals surface area contributed by atoms with E-state index in [4.69, 9.17) is 14.2 Å². The van der Waals surface area contributed by atoms with E-state index in [0.29, 0.717) is 28.6 Å². The molecule has 11 nitrogen and oxygen atoms in total. The third kappa shape index (κ3) is 7.17. The molecule has 1 unspecified atom stereocenters. The largest absolute Gasteiger partial charge is 0.496 e. The fourth-order valence-corrected chi connectivity index (χ4v) is 3.37. The predicted octanol–water partition coefficient (Wildman–Crippen LogP) is 1.75. The van der Waals surface area contributed by atoms with Crippen LogP contribution < -0.4 is 19.5 Å². The Bertz CT molecular complexity index is 745. The Morgan fingerprint density at radius 1 is 1.20 bits per heavy atom. The van der Waals surface area contributed by atoms with Crippen molar-refractivity contribution in [3.05, 3.63) is 27.8 Å². The molecule has 0 saturated heterocycles. The van der Waals surface area contributed by atoms with E-state index in [1.807, 2.05) is 0 Å². The van der Waals surface area contributed by atoms with Gasteiger partial charge in [-0.25, -0.2) is 4.79 Å². The number of amides is 1. The van der Waals surface area contributed by atoms with Gasteiger partial charge >= 0.3 is 5.97 Å². The number of thioether (sulfide) groups is 1. The molecule has 0 aliphatic rings. The first-order chi connectivity index (χ1) is 14.0. The van der Waals surface area contributed by atoms with Gasteiger partial charge in [0.1, 0.15) is 29.9 Å². The Kier molecular flexibility index (Phi) is 9.50. The van der Waals surface area contributed by atoms with Crippen LogP contribution in [0, 0.1) is 15.5 Å². The van der Waals surface area contributed by atoms with Crippen molar-refractivity contribution in [1.82, 2.24) is 5.32 Å². The molecule has 0 aromatic heterocycles. The predicted molar refractivity (Wildman–Crippen MR) is 109 cm³/mol. The zero-order valence-electron chi connectivity index (χ0n) is 17.4. The third-order valence-corrected chi connectivity index (χ3v) is 5.16. The SMILES string of the molecule is COc1cc(OC)c(CSCC(NC(=O)C(C)(C)CO[N+](=O)[O-])C(=O)O)c(OC)c1. The van der Waals surface area contributed by atoms with Gasteiger partial charge in [0, 0.05) is 29.2 Å². The van der Waals surface area contributed by atoms with E-state index in [2.05, 4.69) is 10.2 Å². The summed E-state index contributed by atoms with van der Waals surface area (Å²) in [6.45, 7) is 2.35. The van der Waals surface area contributed by atoms with Crippen molar-refractivity contribution >= 4 is 23.6 Å². The lowest BCUT2D eigenvalue weighted by Crippen LogP contribution is -2.49. The quantitative estimate of drug-likeness (QED) is 0.339. The number of carboxylic acid groups (broad SMARTS) is 1. The number of nitrogens with one attached hydrogen (secondary N) is 1. The summed E-state index contributed by atoms with van der Waals surface area (Å²) in [4.78, 5) is 38.5. The summed E-state index contributed by atoms with van der Waals surface area (Å²) in [7, 11) is 4.51. The van der Waals surface area contributed by atoms with Crippen molar-refractivity contribution in [1.29, 1.82) is 0 Å². The van der Waals surface area contributed by atoms with Gasteiger partial charge in [-0.15, -0.1) is 10.1 Å². The lowest BCUT2D eigenvalue weighted by atomic mass is 9.93. The summed E-state index contributed by atoms with van der Waals surface area (Å²) >= 11 is 1.25. The molecule has 1 rings (SSSR count). The van der Waals surface area contributed by atoms with Crippen molar-refractivity contribution < 1.29 is 38.8 Å². The summed E-state index contributed by atoms with van der Waals surface area (Å²) in [6, 6.07) is 2.17. The molecule has 0 fully saturated rings. The number of carbonyl (C=O) groups is 2. The molecule has 30 heavy (non-hydrogen) atoms. The van der Waals surface area contributed by atoms with Gasteiger partial charge < -0.3 is 29.5 Å². The van der Waals surface area contributed by atoms with Gasteiger partial charge in [-0.1, -0.05) is 0 Å². The van der Waals surface area contributed by atoms with Crippen LogP contribution in [0.4, 0.5) is 0 Å². The molecule has 0 aliphatic heterocycles. The monoisotopic (exact) mass is 446 g/mol. The minimum atomic E-state index is -1.28. The average molecular weight is 446 g/mol. The van der Waals surface area contributed by atoms with Crippen LogP contribution in [-0.2, 0) is 20.2 Å². The molecule has 0 spiro atoms. The van der Waals surface area contributed by atoms with E-state index in [1.165, 1.54) is 46.9 Å². The summed E-state index contributed by atoms with van der Waals surface area (Å²) in [5.41, 5.74) is -0.575. The molecule has 0 bridgehead atoms. The molecular formula is C18H26N2O9S. The summed E-state index contributed by atoms with van der Waals surface area (Å²) in [6.07, 6.45) is 0. The topological polar surface area (TPSA) is 146 Å². The second-order valence-corrected chi connectivity index (χ2v) is 7.80. The molecule has 2 N–H and O–H groups in total. The molecule has 1 aromatic carbocycles. The minimum absolute atomic E-state index is 0.0472. The van der Waals surface area contributed by atoms with Gasteiger partial charge in [-0.2, -0.15) is 11.8 Å². The number of rotatable bonds is 13. The Morgan fingerprint density at radius 2 is 1.77 bits per heavy atom. The standard InChI is InChI=1S/C18H26N2O9S/c1-18(2,10-29-20(24)25)17(23)19-13(16(21)22)9-30-8-12-14(27-4)6-11(26-3)7-15(12)28-5/h6-7,13H,8-10H2,1-5H3,(H,19,23)(H,21,22). The van der Waals surface area contributed by atoms with E-state index in [0.717, 1.165) is 0 Å². The number of ether oxygens (including phenoxy) is 3. The molecule has 0 saturated carbocycles. The van der Waals surface area contributed by atoms with Gasteiger partial charge in [0.15, 0.2) is 0 Å². The van der Waals surface area contributed by atoms with Crippen LogP contribution >= 0.6 is 11.8 Å². The van der Waals surface area contributed by atoms with Crippen LogP contribution in [0.3, 0.4) is 0 Å². The van der Waals surface area contributed by atoms with Crippen molar-refractivity contribution in [2.24, 2.45) is 5.41 Å². The fraction of sp³-hybridized carbons (Fsp3) is 0.556. The second kappa shape index (κ2) is 11.3. The number of aliphatic carboxylic acids is 1. The number of benzene rings is 1. The Hall–Kier alpha value is -2.89. The van der Waals surface area contributed by atoms with E-state index in [9.17, 15) is 24.8 Å². The number of hydrogen-bond donors (Lipinski definition) is 2. The zero-order chi connectivity index (χ0) is 22.9. The van der Waals surface area contributed by atoms with E-state index in [1.54, 1.807) is 12.1 Å². The van der Waals surface area contributed by atoms with Gasteiger partial charge in [-0.3, -0.25) is 4.79 Å². The highest BCUT2D eigenvalue weighted by atomic mass is 32.2. The molecule has 12 heteroatoms. The van der Waals surface area contributed by atoms with Crippen molar-refractivity contribution in [3.8, 4) is 17.2 Å². The second-order valence-electron chi connectivity index (χ2n) is 6.77. The zero-order valence-corrected chi connectivity index (χ0v) is 18.2. The van der Waals surface area contributed by atoms with Gasteiger partial charge in [0.05, 0.1) is 26.7 Å². The van der Waals surface area contributed by atoms with E-state index >= 15 is 0 Å².